The van der Waals surface area contributed by atoms with Gasteiger partial charge in [-0.2, -0.15) is 0 Å². The number of carbonyl (C=O) groups is 2. The largest absolute Gasteiger partial charge is 0.456 e. The van der Waals surface area contributed by atoms with Crippen molar-refractivity contribution in [3.63, 3.8) is 0 Å². The summed E-state index contributed by atoms with van der Waals surface area (Å²) in [6.45, 7) is 0. The van der Waals surface area contributed by atoms with Crippen LogP contribution in [0.3, 0.4) is 0 Å². The first-order valence-electron chi connectivity index (χ1n) is 13.2. The number of aliphatic hydroxyl groups is 1. The lowest BCUT2D eigenvalue weighted by Gasteiger charge is -2.27. The lowest BCUT2D eigenvalue weighted by atomic mass is 9.86. The maximum atomic E-state index is 13.1. The van der Waals surface area contributed by atoms with Gasteiger partial charge in [0.2, 0.25) is 5.91 Å². The molecule has 1 amide bonds. The molecular formula is C29H38N2O4. The van der Waals surface area contributed by atoms with Crippen LogP contribution in [-0.2, 0) is 28.8 Å². The van der Waals surface area contributed by atoms with Crippen molar-refractivity contribution in [1.29, 1.82) is 0 Å². The molecule has 0 unspecified atom stereocenters. The van der Waals surface area contributed by atoms with E-state index in [4.69, 9.17) is 4.74 Å². The highest BCUT2D eigenvalue weighted by Gasteiger charge is 2.32. The van der Waals surface area contributed by atoms with E-state index in [9.17, 15) is 14.7 Å². The number of benzene rings is 1. The number of fused-ring (bicyclic) bond motifs is 1. The zero-order valence-corrected chi connectivity index (χ0v) is 20.7. The fourth-order valence-corrected chi connectivity index (χ4v) is 5.61. The Kier molecular flexibility index (Phi) is 8.91. The summed E-state index contributed by atoms with van der Waals surface area (Å²) in [4.78, 5) is 30.3. The van der Waals surface area contributed by atoms with Crippen LogP contribution in [0.1, 0.15) is 78.5 Å². The molecule has 6 heteroatoms. The molecule has 1 heterocycles. The van der Waals surface area contributed by atoms with Gasteiger partial charge in [0, 0.05) is 31.3 Å². The molecule has 2 N–H and O–H groups in total. The number of rotatable bonds is 10. The van der Waals surface area contributed by atoms with Gasteiger partial charge in [-0.15, -0.1) is 0 Å². The summed E-state index contributed by atoms with van der Waals surface area (Å²) in [5.41, 5.74) is 3.57. The molecule has 6 nitrogen and oxygen atoms in total. The highest BCUT2D eigenvalue weighted by molar-refractivity contribution is 5.89. The standard InChI is InChI=1S/C29H38N2O4/c1-30-28(33)23(15-20-11-5-6-12-20)18-26(32)27(16-21-9-3-2-4-10-21)35-29(34)24-17-22-13-7-8-14-25(22)31-19-24/h2-4,9-10,17,19-20,23,26-27,32H,5-8,11-16,18H2,1H3,(H,30,33)/t23-,26+,27+/m1/s1. The van der Waals surface area contributed by atoms with Crippen LogP contribution < -0.4 is 5.32 Å². The van der Waals surface area contributed by atoms with E-state index >= 15 is 0 Å². The second kappa shape index (κ2) is 12.3. The number of aromatic nitrogens is 1. The predicted octanol–water partition coefficient (Wildman–Crippen LogP) is 4.42. The zero-order chi connectivity index (χ0) is 24.6. The van der Waals surface area contributed by atoms with E-state index < -0.39 is 18.2 Å². The van der Waals surface area contributed by atoms with E-state index in [1.54, 1.807) is 13.2 Å². The molecule has 3 atom stereocenters. The Hall–Kier alpha value is -2.73. The molecule has 1 saturated carbocycles. The molecule has 188 valence electrons. The molecule has 35 heavy (non-hydrogen) atoms. The fourth-order valence-electron chi connectivity index (χ4n) is 5.61. The summed E-state index contributed by atoms with van der Waals surface area (Å²) >= 11 is 0. The normalized spacial score (nSPS) is 18.3. The SMILES string of the molecule is CNC(=O)[C@H](CC1CCCC1)C[C@H](O)[C@H](Cc1ccccc1)OC(=O)c1cnc2c(c1)CCCC2. The minimum Gasteiger partial charge on any atom is -0.456 e. The van der Waals surface area contributed by atoms with E-state index in [0.29, 0.717) is 17.9 Å². The average molecular weight is 479 g/mol. The van der Waals surface area contributed by atoms with E-state index in [-0.39, 0.29) is 18.2 Å². The van der Waals surface area contributed by atoms with Gasteiger partial charge in [-0.25, -0.2) is 4.79 Å². The van der Waals surface area contributed by atoms with Crippen molar-refractivity contribution in [2.24, 2.45) is 11.8 Å². The summed E-state index contributed by atoms with van der Waals surface area (Å²) in [5.74, 6) is -0.320. The molecule has 0 radical (unpaired) electrons. The molecule has 2 aliphatic rings. The fraction of sp³-hybridized carbons (Fsp3) is 0.552. The minimum absolute atomic E-state index is 0.0559. The summed E-state index contributed by atoms with van der Waals surface area (Å²) in [7, 11) is 1.64. The van der Waals surface area contributed by atoms with Crippen molar-refractivity contribution < 1.29 is 19.4 Å². The molecule has 0 aliphatic heterocycles. The highest BCUT2D eigenvalue weighted by Crippen LogP contribution is 2.32. The highest BCUT2D eigenvalue weighted by atomic mass is 16.6. The van der Waals surface area contributed by atoms with Crippen molar-refractivity contribution in [3.05, 3.63) is 65.0 Å². The zero-order valence-electron chi connectivity index (χ0n) is 20.7. The van der Waals surface area contributed by atoms with Gasteiger partial charge in [-0.1, -0.05) is 56.0 Å². The number of ether oxygens (including phenoxy) is 1. The first kappa shape index (κ1) is 25.4. The van der Waals surface area contributed by atoms with Gasteiger partial charge in [0.25, 0.3) is 0 Å². The van der Waals surface area contributed by atoms with E-state index in [1.165, 1.54) is 12.8 Å². The summed E-state index contributed by atoms with van der Waals surface area (Å²) in [6, 6.07) is 11.6. The van der Waals surface area contributed by atoms with Gasteiger partial charge < -0.3 is 15.2 Å². The van der Waals surface area contributed by atoms with Crippen molar-refractivity contribution in [3.8, 4) is 0 Å². The topological polar surface area (TPSA) is 88.5 Å². The number of carbonyl (C=O) groups excluding carboxylic acids is 2. The Morgan fingerprint density at radius 2 is 1.86 bits per heavy atom. The van der Waals surface area contributed by atoms with Crippen LogP contribution in [0, 0.1) is 11.8 Å². The lowest BCUT2D eigenvalue weighted by Crippen LogP contribution is -2.38. The number of aliphatic hydroxyl groups excluding tert-OH is 1. The van der Waals surface area contributed by atoms with Gasteiger partial charge in [0.05, 0.1) is 11.7 Å². The van der Waals surface area contributed by atoms with Crippen LogP contribution >= 0.6 is 0 Å². The Labute approximate surface area is 208 Å². The first-order valence-corrected chi connectivity index (χ1v) is 13.2. The molecule has 2 aliphatic carbocycles. The number of esters is 1. The summed E-state index contributed by atoms with van der Waals surface area (Å²) in [5, 5.41) is 14.0. The lowest BCUT2D eigenvalue weighted by molar-refractivity contribution is -0.127. The van der Waals surface area contributed by atoms with Crippen molar-refractivity contribution in [1.82, 2.24) is 10.3 Å². The van der Waals surface area contributed by atoms with Crippen LogP contribution in [-0.4, -0.2) is 41.2 Å². The Bertz CT molecular complexity index is 987. The molecule has 1 aromatic heterocycles. The third kappa shape index (κ3) is 6.91. The molecular weight excluding hydrogens is 440 g/mol. The van der Waals surface area contributed by atoms with Crippen LogP contribution in [0.15, 0.2) is 42.6 Å². The van der Waals surface area contributed by atoms with Gasteiger partial charge >= 0.3 is 5.97 Å². The number of pyridine rings is 1. The third-order valence-electron chi connectivity index (χ3n) is 7.61. The summed E-state index contributed by atoms with van der Waals surface area (Å²) < 4.78 is 5.92. The number of nitrogens with zero attached hydrogens (tertiary/aromatic N) is 1. The van der Waals surface area contributed by atoms with Crippen molar-refractivity contribution in [2.75, 3.05) is 7.05 Å². The number of hydrogen-bond donors (Lipinski definition) is 2. The van der Waals surface area contributed by atoms with Gasteiger partial charge in [0.1, 0.15) is 6.10 Å². The summed E-state index contributed by atoms with van der Waals surface area (Å²) in [6.07, 6.45) is 10.1. The van der Waals surface area contributed by atoms with Gasteiger partial charge in [0.15, 0.2) is 0 Å². The van der Waals surface area contributed by atoms with E-state index in [1.807, 2.05) is 36.4 Å². The van der Waals surface area contributed by atoms with Crippen LogP contribution in [0.4, 0.5) is 0 Å². The van der Waals surface area contributed by atoms with Crippen LogP contribution in [0.5, 0.6) is 0 Å². The van der Waals surface area contributed by atoms with Gasteiger partial charge in [-0.05, 0) is 61.6 Å². The monoisotopic (exact) mass is 478 g/mol. The number of nitrogens with one attached hydrogen (secondary N) is 1. The maximum Gasteiger partial charge on any atom is 0.340 e. The van der Waals surface area contributed by atoms with Crippen molar-refractivity contribution >= 4 is 11.9 Å². The van der Waals surface area contributed by atoms with Crippen LogP contribution in [0.2, 0.25) is 0 Å². The van der Waals surface area contributed by atoms with Crippen LogP contribution in [0.25, 0.3) is 0 Å². The molecule has 1 fully saturated rings. The molecule has 1 aromatic carbocycles. The van der Waals surface area contributed by atoms with Gasteiger partial charge in [-0.3, -0.25) is 9.78 Å². The van der Waals surface area contributed by atoms with E-state index in [0.717, 1.165) is 61.8 Å². The smallest absolute Gasteiger partial charge is 0.340 e. The predicted molar refractivity (Wildman–Crippen MR) is 135 cm³/mol. The Morgan fingerprint density at radius 1 is 1.11 bits per heavy atom. The van der Waals surface area contributed by atoms with E-state index in [2.05, 4.69) is 10.3 Å². The second-order valence-electron chi connectivity index (χ2n) is 10.2. The second-order valence-corrected chi connectivity index (χ2v) is 10.2. The third-order valence-corrected chi connectivity index (χ3v) is 7.61. The molecule has 0 bridgehead atoms. The minimum atomic E-state index is -0.951. The average Bonchev–Trinajstić information content (AvgIpc) is 3.41. The Balaban J connectivity index is 1.49. The molecule has 2 aromatic rings. The molecule has 0 spiro atoms. The Morgan fingerprint density at radius 3 is 2.60 bits per heavy atom. The number of hydrogen-bond acceptors (Lipinski definition) is 5. The quantitative estimate of drug-likeness (QED) is 0.494. The number of aryl methyl sites for hydroxylation is 2. The molecule has 0 saturated heterocycles. The first-order chi connectivity index (χ1) is 17.0. The maximum absolute atomic E-state index is 13.1. The van der Waals surface area contributed by atoms with Crippen molar-refractivity contribution in [2.45, 2.75) is 82.8 Å². The molecule has 4 rings (SSSR count). The number of amides is 1.